The lowest BCUT2D eigenvalue weighted by Gasteiger charge is -2.31. The number of hydrogen-bond acceptors (Lipinski definition) is 4. The van der Waals surface area contributed by atoms with Crippen molar-refractivity contribution in [2.45, 2.75) is 25.8 Å². The number of amides is 2. The van der Waals surface area contributed by atoms with E-state index in [4.69, 9.17) is 5.73 Å². The van der Waals surface area contributed by atoms with Gasteiger partial charge in [-0.1, -0.05) is 12.1 Å². The number of carbonyl (C=O) groups excluding carboxylic acids is 2. The first-order valence-corrected chi connectivity index (χ1v) is 8.74. The summed E-state index contributed by atoms with van der Waals surface area (Å²) in [7, 11) is 0. The highest BCUT2D eigenvalue weighted by atomic mass is 35.5. The Morgan fingerprint density at radius 3 is 2.69 bits per heavy atom. The summed E-state index contributed by atoms with van der Waals surface area (Å²) < 4.78 is 13.0. The van der Waals surface area contributed by atoms with Gasteiger partial charge in [0.05, 0.1) is 18.5 Å². The van der Waals surface area contributed by atoms with Gasteiger partial charge < -0.3 is 16.4 Å². The lowest BCUT2D eigenvalue weighted by Crippen LogP contribution is -2.47. The predicted octanol–water partition coefficient (Wildman–Crippen LogP) is 1.21. The Balaban J connectivity index is 0.00000338. The number of hydrogen-bond donors (Lipinski definition) is 3. The summed E-state index contributed by atoms with van der Waals surface area (Å²) in [5.74, 6) is -0.479. The predicted molar refractivity (Wildman–Crippen MR) is 101 cm³/mol. The van der Waals surface area contributed by atoms with Gasteiger partial charge in [-0.05, 0) is 44.0 Å². The molecule has 0 spiro atoms. The maximum Gasteiger partial charge on any atom is 0.234 e. The second-order valence-corrected chi connectivity index (χ2v) is 6.49. The minimum absolute atomic E-state index is 0. The number of rotatable bonds is 7. The van der Waals surface area contributed by atoms with Crippen LogP contribution in [0.15, 0.2) is 24.3 Å². The van der Waals surface area contributed by atoms with E-state index in [-0.39, 0.29) is 48.5 Å². The normalized spacial score (nSPS) is 18.5. The Bertz CT molecular complexity index is 585. The molecule has 2 rings (SSSR count). The van der Waals surface area contributed by atoms with Crippen molar-refractivity contribution in [2.24, 2.45) is 11.7 Å². The fourth-order valence-corrected chi connectivity index (χ4v) is 3.08. The van der Waals surface area contributed by atoms with Crippen LogP contribution in [0.2, 0.25) is 0 Å². The van der Waals surface area contributed by atoms with E-state index in [0.717, 1.165) is 24.9 Å². The Morgan fingerprint density at radius 2 is 2.04 bits per heavy atom. The van der Waals surface area contributed by atoms with Gasteiger partial charge in [0.1, 0.15) is 5.82 Å². The molecule has 2 unspecified atom stereocenters. The van der Waals surface area contributed by atoms with Crippen LogP contribution in [0.5, 0.6) is 0 Å². The van der Waals surface area contributed by atoms with Gasteiger partial charge in [-0.3, -0.25) is 14.5 Å². The molecule has 4 N–H and O–H groups in total. The molecule has 0 saturated carbocycles. The highest BCUT2D eigenvalue weighted by Gasteiger charge is 2.26. The molecule has 2 amide bonds. The van der Waals surface area contributed by atoms with Crippen molar-refractivity contribution in [3.8, 4) is 0 Å². The zero-order chi connectivity index (χ0) is 18.2. The summed E-state index contributed by atoms with van der Waals surface area (Å²) >= 11 is 0. The van der Waals surface area contributed by atoms with Crippen LogP contribution < -0.4 is 16.4 Å². The van der Waals surface area contributed by atoms with E-state index >= 15 is 0 Å². The maximum atomic E-state index is 13.0. The molecular weight excluding hydrogens is 359 g/mol. The van der Waals surface area contributed by atoms with Crippen molar-refractivity contribution in [3.63, 3.8) is 0 Å². The maximum absolute atomic E-state index is 13.0. The van der Waals surface area contributed by atoms with Crippen LogP contribution in [-0.4, -0.2) is 49.4 Å². The van der Waals surface area contributed by atoms with Gasteiger partial charge in [-0.2, -0.15) is 0 Å². The number of nitrogens with one attached hydrogen (secondary N) is 2. The minimum atomic E-state index is -0.297. The number of likely N-dealkylation sites (tertiary alicyclic amines) is 1. The van der Waals surface area contributed by atoms with Crippen LogP contribution in [0.1, 0.15) is 31.4 Å². The first-order chi connectivity index (χ1) is 12.0. The van der Waals surface area contributed by atoms with Crippen molar-refractivity contribution in [3.05, 3.63) is 35.6 Å². The molecule has 26 heavy (non-hydrogen) atoms. The molecule has 146 valence electrons. The van der Waals surface area contributed by atoms with Gasteiger partial charge >= 0.3 is 0 Å². The summed E-state index contributed by atoms with van der Waals surface area (Å²) in [6.45, 7) is 4.40. The Hall–Kier alpha value is -1.70. The molecule has 0 radical (unpaired) electrons. The molecule has 1 saturated heterocycles. The molecule has 1 aliphatic rings. The van der Waals surface area contributed by atoms with Gasteiger partial charge in [0.25, 0.3) is 0 Å². The molecule has 0 bridgehead atoms. The molecule has 0 aromatic heterocycles. The lowest BCUT2D eigenvalue weighted by molar-refractivity contribution is -0.129. The largest absolute Gasteiger partial charge is 0.355 e. The highest BCUT2D eigenvalue weighted by Crippen LogP contribution is 2.17. The third-order valence-corrected chi connectivity index (χ3v) is 4.43. The van der Waals surface area contributed by atoms with Crippen molar-refractivity contribution in [1.29, 1.82) is 0 Å². The third-order valence-electron chi connectivity index (χ3n) is 4.43. The fourth-order valence-electron chi connectivity index (χ4n) is 3.08. The molecule has 0 aliphatic carbocycles. The molecule has 1 fully saturated rings. The molecule has 1 aromatic rings. The summed E-state index contributed by atoms with van der Waals surface area (Å²) in [5, 5.41) is 5.73. The SMILES string of the molecule is CC(NC(=O)CN1CCCC(C(=O)NCCN)C1)c1ccc(F)cc1.Cl. The second kappa shape index (κ2) is 11.1. The van der Waals surface area contributed by atoms with Crippen molar-refractivity contribution >= 4 is 24.2 Å². The average Bonchev–Trinajstić information content (AvgIpc) is 2.60. The number of benzene rings is 1. The molecule has 2 atom stereocenters. The van der Waals surface area contributed by atoms with Gasteiger partial charge in [-0.15, -0.1) is 12.4 Å². The zero-order valence-corrected chi connectivity index (χ0v) is 15.9. The molecule has 1 heterocycles. The highest BCUT2D eigenvalue weighted by molar-refractivity contribution is 5.85. The van der Waals surface area contributed by atoms with E-state index in [0.29, 0.717) is 19.6 Å². The standard InChI is InChI=1S/C18H27FN4O2.ClH/c1-13(14-4-6-16(19)7-5-14)22-17(24)12-23-10-2-3-15(11-23)18(25)21-9-8-20;/h4-7,13,15H,2-3,8-12,20H2,1H3,(H,21,25)(H,22,24);1H. The molecular formula is C18H28ClFN4O2. The first-order valence-electron chi connectivity index (χ1n) is 8.74. The van der Waals surface area contributed by atoms with E-state index in [1.807, 2.05) is 11.8 Å². The summed E-state index contributed by atoms with van der Waals surface area (Å²) in [5.41, 5.74) is 6.26. The molecule has 1 aliphatic heterocycles. The Kier molecular flexibility index (Phi) is 9.54. The van der Waals surface area contributed by atoms with Crippen LogP contribution in [0.3, 0.4) is 0 Å². The summed E-state index contributed by atoms with van der Waals surface area (Å²) in [6.07, 6.45) is 1.72. The summed E-state index contributed by atoms with van der Waals surface area (Å²) in [6, 6.07) is 5.90. The smallest absolute Gasteiger partial charge is 0.234 e. The van der Waals surface area contributed by atoms with E-state index in [9.17, 15) is 14.0 Å². The lowest BCUT2D eigenvalue weighted by atomic mass is 9.97. The molecule has 8 heteroatoms. The fraction of sp³-hybridized carbons (Fsp3) is 0.556. The number of halogens is 2. The monoisotopic (exact) mass is 386 g/mol. The van der Waals surface area contributed by atoms with Crippen LogP contribution >= 0.6 is 12.4 Å². The van der Waals surface area contributed by atoms with E-state index < -0.39 is 0 Å². The zero-order valence-electron chi connectivity index (χ0n) is 15.0. The van der Waals surface area contributed by atoms with Crippen LogP contribution in [-0.2, 0) is 9.59 Å². The Morgan fingerprint density at radius 1 is 1.35 bits per heavy atom. The third kappa shape index (κ3) is 6.90. The molecule has 6 nitrogen and oxygen atoms in total. The number of piperidine rings is 1. The van der Waals surface area contributed by atoms with Crippen molar-refractivity contribution in [2.75, 3.05) is 32.7 Å². The van der Waals surface area contributed by atoms with Gasteiger partial charge in [0, 0.05) is 19.6 Å². The quantitative estimate of drug-likeness (QED) is 0.657. The van der Waals surface area contributed by atoms with E-state index in [2.05, 4.69) is 10.6 Å². The number of nitrogens with zero attached hydrogens (tertiary/aromatic N) is 1. The van der Waals surface area contributed by atoms with Crippen molar-refractivity contribution in [1.82, 2.24) is 15.5 Å². The summed E-state index contributed by atoms with van der Waals surface area (Å²) in [4.78, 5) is 26.3. The van der Waals surface area contributed by atoms with Gasteiger partial charge in [0.2, 0.25) is 11.8 Å². The van der Waals surface area contributed by atoms with E-state index in [1.165, 1.54) is 12.1 Å². The van der Waals surface area contributed by atoms with E-state index in [1.54, 1.807) is 12.1 Å². The second-order valence-electron chi connectivity index (χ2n) is 6.49. The van der Waals surface area contributed by atoms with Gasteiger partial charge in [-0.25, -0.2) is 4.39 Å². The first kappa shape index (κ1) is 22.3. The number of nitrogens with two attached hydrogens (primary N) is 1. The van der Waals surface area contributed by atoms with Crippen LogP contribution in [0.25, 0.3) is 0 Å². The average molecular weight is 387 g/mol. The van der Waals surface area contributed by atoms with Gasteiger partial charge in [0.15, 0.2) is 0 Å². The Labute approximate surface area is 160 Å². The van der Waals surface area contributed by atoms with Crippen LogP contribution in [0.4, 0.5) is 4.39 Å². The van der Waals surface area contributed by atoms with Crippen LogP contribution in [0, 0.1) is 11.7 Å². The molecule has 1 aromatic carbocycles. The minimum Gasteiger partial charge on any atom is -0.355 e. The van der Waals surface area contributed by atoms with Crippen molar-refractivity contribution < 1.29 is 14.0 Å². The number of carbonyl (C=O) groups is 2. The topological polar surface area (TPSA) is 87.5 Å².